The molecule has 0 amide bonds. The van der Waals surface area contributed by atoms with Crippen LogP contribution in [0.5, 0.6) is 11.5 Å². The second-order valence-corrected chi connectivity index (χ2v) is 9.92. The van der Waals surface area contributed by atoms with Crippen molar-refractivity contribution in [1.29, 1.82) is 5.26 Å². The van der Waals surface area contributed by atoms with Gasteiger partial charge in [0.25, 0.3) is 5.89 Å². The first-order chi connectivity index (χ1) is 17.2. The molecular formula is C23H25ClN3O8P. The van der Waals surface area contributed by atoms with E-state index in [1.54, 1.807) is 36.4 Å². The normalized spacial score (nSPS) is 12.4. The van der Waals surface area contributed by atoms with E-state index >= 15 is 0 Å². The lowest BCUT2D eigenvalue weighted by atomic mass is 10.1. The van der Waals surface area contributed by atoms with Crippen LogP contribution < -0.4 is 9.47 Å². The third kappa shape index (κ3) is 7.04. The van der Waals surface area contributed by atoms with Gasteiger partial charge in [-0.15, -0.1) is 0 Å². The molecule has 0 saturated heterocycles. The van der Waals surface area contributed by atoms with Gasteiger partial charge in [-0.2, -0.15) is 10.2 Å². The van der Waals surface area contributed by atoms with Crippen LogP contribution in [0.4, 0.5) is 0 Å². The minimum atomic E-state index is -3.70. The number of aliphatic hydroxyl groups excluding tert-OH is 1. The lowest BCUT2D eigenvalue weighted by Gasteiger charge is -2.17. The molecule has 1 N–H and O–H groups in total. The molecule has 0 radical (unpaired) electrons. The second kappa shape index (κ2) is 12.3. The van der Waals surface area contributed by atoms with Gasteiger partial charge in [0.2, 0.25) is 5.82 Å². The lowest BCUT2D eigenvalue weighted by molar-refractivity contribution is 0.0432. The Kier molecular flexibility index (Phi) is 9.45. The maximum absolute atomic E-state index is 11.9. The average molecular weight is 538 g/mol. The molecule has 0 aliphatic rings. The molecule has 0 spiro atoms. The Morgan fingerprint density at radius 2 is 1.81 bits per heavy atom. The van der Waals surface area contributed by atoms with Crippen LogP contribution in [0, 0.1) is 11.3 Å². The number of phosphoric ester groups is 1. The first-order valence-electron chi connectivity index (χ1n) is 10.7. The fraction of sp³-hybridized carbons (Fsp3) is 0.348. The molecule has 0 aliphatic heterocycles. The Labute approximate surface area is 213 Å². The van der Waals surface area contributed by atoms with Gasteiger partial charge in [0.15, 0.2) is 0 Å². The number of hydrogen-bond acceptors (Lipinski definition) is 11. The van der Waals surface area contributed by atoms with Crippen molar-refractivity contribution >= 4 is 19.4 Å². The zero-order chi connectivity index (χ0) is 26.3. The third-order valence-electron chi connectivity index (χ3n) is 4.63. The quantitative estimate of drug-likeness (QED) is 0.315. The molecule has 13 heteroatoms. The SMILES string of the molecule is COP(=O)(OC)OCC(O)COc1ccc(-c2noc(-c3ccc(OC(C)C)c(C#N)c3)n2)cc1Cl. The highest BCUT2D eigenvalue weighted by atomic mass is 35.5. The van der Waals surface area contributed by atoms with Crippen molar-refractivity contribution in [3.05, 3.63) is 47.0 Å². The molecule has 192 valence electrons. The van der Waals surface area contributed by atoms with Crippen LogP contribution in [0.15, 0.2) is 40.9 Å². The summed E-state index contributed by atoms with van der Waals surface area (Å²) in [5.41, 5.74) is 1.48. The molecule has 0 saturated carbocycles. The monoisotopic (exact) mass is 537 g/mol. The summed E-state index contributed by atoms with van der Waals surface area (Å²) < 4.78 is 42.6. The highest BCUT2D eigenvalue weighted by Crippen LogP contribution is 2.47. The number of aromatic nitrogens is 2. The Morgan fingerprint density at radius 1 is 1.11 bits per heavy atom. The van der Waals surface area contributed by atoms with Crippen molar-refractivity contribution in [2.75, 3.05) is 27.4 Å². The van der Waals surface area contributed by atoms with Crippen molar-refractivity contribution in [2.45, 2.75) is 26.1 Å². The topological polar surface area (TPSA) is 146 Å². The van der Waals surface area contributed by atoms with Crippen molar-refractivity contribution in [3.8, 4) is 40.4 Å². The molecule has 3 aromatic rings. The van der Waals surface area contributed by atoms with E-state index in [0.717, 1.165) is 0 Å². The predicted molar refractivity (Wildman–Crippen MR) is 130 cm³/mol. The first-order valence-corrected chi connectivity index (χ1v) is 12.5. The number of phosphoric acid groups is 1. The summed E-state index contributed by atoms with van der Waals surface area (Å²) in [5, 5.41) is 23.7. The van der Waals surface area contributed by atoms with Gasteiger partial charge in [-0.1, -0.05) is 16.8 Å². The van der Waals surface area contributed by atoms with E-state index in [1.807, 2.05) is 13.8 Å². The summed E-state index contributed by atoms with van der Waals surface area (Å²) in [5.74, 6) is 1.27. The third-order valence-corrected chi connectivity index (χ3v) is 6.28. The van der Waals surface area contributed by atoms with E-state index < -0.39 is 13.9 Å². The van der Waals surface area contributed by atoms with E-state index in [1.165, 1.54) is 14.2 Å². The van der Waals surface area contributed by atoms with E-state index in [-0.39, 0.29) is 36.1 Å². The number of rotatable bonds is 12. The smallest absolute Gasteiger partial charge is 0.474 e. The zero-order valence-electron chi connectivity index (χ0n) is 20.0. The summed E-state index contributed by atoms with van der Waals surface area (Å²) in [6.45, 7) is 3.23. The lowest BCUT2D eigenvalue weighted by Crippen LogP contribution is -2.23. The Balaban J connectivity index is 1.67. The molecule has 1 aromatic heterocycles. The number of aliphatic hydroxyl groups is 1. The molecule has 11 nitrogen and oxygen atoms in total. The summed E-state index contributed by atoms with van der Waals surface area (Å²) in [6, 6.07) is 12.0. The maximum Gasteiger partial charge on any atom is 0.474 e. The molecule has 36 heavy (non-hydrogen) atoms. The molecule has 1 heterocycles. The van der Waals surface area contributed by atoms with Crippen molar-refractivity contribution < 1.29 is 37.2 Å². The van der Waals surface area contributed by atoms with Crippen LogP contribution in [0.1, 0.15) is 19.4 Å². The van der Waals surface area contributed by atoms with Gasteiger partial charge >= 0.3 is 7.82 Å². The van der Waals surface area contributed by atoms with Crippen LogP contribution in [0.2, 0.25) is 5.02 Å². The van der Waals surface area contributed by atoms with E-state index in [2.05, 4.69) is 25.3 Å². The van der Waals surface area contributed by atoms with E-state index in [0.29, 0.717) is 28.2 Å². The minimum absolute atomic E-state index is 0.0730. The summed E-state index contributed by atoms with van der Waals surface area (Å²) in [6.07, 6.45) is -1.19. The van der Waals surface area contributed by atoms with Crippen molar-refractivity contribution in [3.63, 3.8) is 0 Å². The van der Waals surface area contributed by atoms with Gasteiger partial charge in [-0.3, -0.25) is 13.6 Å². The summed E-state index contributed by atoms with van der Waals surface area (Å²) >= 11 is 6.32. The Morgan fingerprint density at radius 3 is 2.44 bits per heavy atom. The fourth-order valence-electron chi connectivity index (χ4n) is 2.91. The number of halogens is 1. The van der Waals surface area contributed by atoms with Gasteiger partial charge in [-0.25, -0.2) is 4.57 Å². The number of benzene rings is 2. The molecular weight excluding hydrogens is 513 g/mol. The van der Waals surface area contributed by atoms with E-state index in [4.69, 9.17) is 30.1 Å². The molecule has 1 atom stereocenters. The highest BCUT2D eigenvalue weighted by Gasteiger charge is 2.24. The van der Waals surface area contributed by atoms with Crippen LogP contribution in [0.25, 0.3) is 22.8 Å². The van der Waals surface area contributed by atoms with Gasteiger partial charge in [0.1, 0.15) is 30.3 Å². The standard InChI is InChI=1S/C23H25ClN3O8P/c1-14(2)34-20-7-6-16(9-17(20)11-25)23-26-22(27-35-23)15-5-8-21(19(24)10-15)32-12-18(28)13-33-36(29,30-3)31-4/h5-10,14,18,28H,12-13H2,1-4H3. The van der Waals surface area contributed by atoms with Crippen molar-refractivity contribution in [2.24, 2.45) is 0 Å². The van der Waals surface area contributed by atoms with Gasteiger partial charge in [0.05, 0.1) is 23.3 Å². The number of nitriles is 1. The predicted octanol–water partition coefficient (Wildman–Crippen LogP) is 4.87. The molecule has 1 unspecified atom stereocenters. The highest BCUT2D eigenvalue weighted by molar-refractivity contribution is 7.48. The van der Waals surface area contributed by atoms with Crippen LogP contribution in [-0.4, -0.2) is 54.9 Å². The van der Waals surface area contributed by atoms with Crippen LogP contribution >= 0.6 is 19.4 Å². The summed E-state index contributed by atoms with van der Waals surface area (Å²) in [7, 11) is -1.36. The summed E-state index contributed by atoms with van der Waals surface area (Å²) in [4.78, 5) is 4.39. The van der Waals surface area contributed by atoms with Crippen molar-refractivity contribution in [1.82, 2.24) is 10.1 Å². The number of hydrogen-bond donors (Lipinski definition) is 1. The van der Waals surface area contributed by atoms with E-state index in [9.17, 15) is 14.9 Å². The Hall–Kier alpha value is -2.97. The van der Waals surface area contributed by atoms with Gasteiger partial charge in [0, 0.05) is 25.3 Å². The van der Waals surface area contributed by atoms with Crippen LogP contribution in [-0.2, 0) is 18.1 Å². The number of ether oxygens (including phenoxy) is 2. The maximum atomic E-state index is 11.9. The number of nitrogens with zero attached hydrogens (tertiary/aromatic N) is 3. The minimum Gasteiger partial charge on any atom is -0.490 e. The molecule has 0 aliphatic carbocycles. The zero-order valence-corrected chi connectivity index (χ0v) is 21.7. The second-order valence-electron chi connectivity index (χ2n) is 7.63. The average Bonchev–Trinajstić information content (AvgIpc) is 3.37. The largest absolute Gasteiger partial charge is 0.490 e. The molecule has 2 aromatic carbocycles. The first kappa shape index (κ1) is 27.6. The van der Waals surface area contributed by atoms with Gasteiger partial charge in [-0.05, 0) is 50.2 Å². The van der Waals surface area contributed by atoms with Crippen LogP contribution in [0.3, 0.4) is 0 Å². The molecule has 0 bridgehead atoms. The molecule has 3 rings (SSSR count). The fourth-order valence-corrected chi connectivity index (χ4v) is 3.86. The Bertz CT molecular complexity index is 1270. The molecule has 0 fully saturated rings. The van der Waals surface area contributed by atoms with Gasteiger partial charge < -0.3 is 19.1 Å².